The Labute approximate surface area is 177 Å². The number of alkyl halides is 3. The van der Waals surface area contributed by atoms with Crippen LogP contribution in [0.25, 0.3) is 0 Å². The van der Waals surface area contributed by atoms with Gasteiger partial charge in [-0.2, -0.15) is 13.2 Å². The molecule has 2 atom stereocenters. The molecule has 4 rings (SSSR count). The second kappa shape index (κ2) is 8.70. The molecule has 2 saturated heterocycles. The predicted octanol–water partition coefficient (Wildman–Crippen LogP) is 4.70. The molecule has 0 aromatic heterocycles. The van der Waals surface area contributed by atoms with Crippen LogP contribution in [0.5, 0.6) is 0 Å². The van der Waals surface area contributed by atoms with Gasteiger partial charge in [0.25, 0.3) is 0 Å². The van der Waals surface area contributed by atoms with Gasteiger partial charge in [0.05, 0.1) is 30.9 Å². The van der Waals surface area contributed by atoms with Crippen molar-refractivity contribution in [1.29, 1.82) is 0 Å². The summed E-state index contributed by atoms with van der Waals surface area (Å²) in [5, 5.41) is 0. The molecule has 2 fully saturated rings. The summed E-state index contributed by atoms with van der Waals surface area (Å²) in [6.07, 6.45) is -4.11. The molecule has 164 valence electrons. The predicted molar refractivity (Wildman–Crippen MR) is 105 cm³/mol. The number of Topliss-reactive ketones (excluding diaryl/α,β-unsaturated/α-hetero) is 1. The van der Waals surface area contributed by atoms with Gasteiger partial charge < -0.3 is 9.47 Å². The van der Waals surface area contributed by atoms with Gasteiger partial charge in [0.1, 0.15) is 6.61 Å². The normalized spacial score (nSPS) is 23.3. The van der Waals surface area contributed by atoms with Crippen molar-refractivity contribution >= 4 is 11.9 Å². The molecular formula is C23H22F3NO4. The number of benzene rings is 2. The minimum absolute atomic E-state index is 0.157. The molecule has 2 bridgehead atoms. The minimum Gasteiger partial charge on any atom is -0.445 e. The molecule has 2 heterocycles. The summed E-state index contributed by atoms with van der Waals surface area (Å²) in [5.41, 5.74) is 0.340. The number of nitrogens with zero attached hydrogens (tertiary/aromatic N) is 1. The molecule has 0 spiro atoms. The highest BCUT2D eigenvalue weighted by molar-refractivity contribution is 5.98. The van der Waals surface area contributed by atoms with Crippen LogP contribution in [0.15, 0.2) is 54.6 Å². The minimum atomic E-state index is -4.44. The van der Waals surface area contributed by atoms with Crippen molar-refractivity contribution in [2.45, 2.75) is 37.7 Å². The Morgan fingerprint density at radius 1 is 0.968 bits per heavy atom. The van der Waals surface area contributed by atoms with Gasteiger partial charge in [0.15, 0.2) is 5.78 Å². The number of ether oxygens (including phenoxy) is 2. The van der Waals surface area contributed by atoms with Crippen molar-refractivity contribution < 1.29 is 32.2 Å². The maximum atomic E-state index is 12.9. The number of amides is 1. The van der Waals surface area contributed by atoms with Crippen molar-refractivity contribution in [2.75, 3.05) is 13.2 Å². The average molecular weight is 433 g/mol. The second-order valence-electron chi connectivity index (χ2n) is 7.90. The van der Waals surface area contributed by atoms with E-state index in [4.69, 9.17) is 9.47 Å². The first kappa shape index (κ1) is 21.4. The third-order valence-electron chi connectivity index (χ3n) is 5.80. The summed E-state index contributed by atoms with van der Waals surface area (Å²) in [4.78, 5) is 27.3. The lowest BCUT2D eigenvalue weighted by Gasteiger charge is -2.47. The standard InChI is InChI=1S/C23H22F3NO4/c24-23(25,26)18-8-6-16(7-9-18)21(28)17-10-19-13-30-14-20(11-17)27(19)22(29)31-12-15-4-2-1-3-5-15/h1-9,17,19-20H,10-14H2. The van der Waals surface area contributed by atoms with E-state index in [0.29, 0.717) is 26.1 Å². The number of morpholine rings is 1. The molecule has 5 nitrogen and oxygen atoms in total. The number of hydrogen-bond donors (Lipinski definition) is 0. The molecule has 0 radical (unpaired) electrons. The van der Waals surface area contributed by atoms with Crippen LogP contribution in [0.2, 0.25) is 0 Å². The van der Waals surface area contributed by atoms with Gasteiger partial charge in [-0.1, -0.05) is 42.5 Å². The summed E-state index contributed by atoms with van der Waals surface area (Å²) in [5.74, 6) is -0.586. The van der Waals surface area contributed by atoms with Crippen LogP contribution < -0.4 is 0 Å². The molecule has 2 aromatic carbocycles. The Kier molecular flexibility index (Phi) is 6.00. The summed E-state index contributed by atoms with van der Waals surface area (Å²) >= 11 is 0. The zero-order chi connectivity index (χ0) is 22.0. The lowest BCUT2D eigenvalue weighted by atomic mass is 9.81. The number of carbonyl (C=O) groups excluding carboxylic acids is 2. The first-order chi connectivity index (χ1) is 14.8. The van der Waals surface area contributed by atoms with E-state index in [2.05, 4.69) is 0 Å². The number of hydrogen-bond acceptors (Lipinski definition) is 4. The Balaban J connectivity index is 1.41. The second-order valence-corrected chi connectivity index (χ2v) is 7.90. The Bertz CT molecular complexity index is 916. The third kappa shape index (κ3) is 4.74. The summed E-state index contributed by atoms with van der Waals surface area (Å²) < 4.78 is 49.4. The van der Waals surface area contributed by atoms with E-state index in [1.807, 2.05) is 30.3 Å². The van der Waals surface area contributed by atoms with Crippen molar-refractivity contribution in [3.63, 3.8) is 0 Å². The van der Waals surface area contributed by atoms with Crippen molar-refractivity contribution in [3.05, 3.63) is 71.3 Å². The van der Waals surface area contributed by atoms with Gasteiger partial charge in [0, 0.05) is 11.5 Å². The number of rotatable bonds is 4. The molecule has 2 unspecified atom stereocenters. The summed E-state index contributed by atoms with van der Waals surface area (Å²) in [7, 11) is 0. The molecule has 2 aliphatic heterocycles. The molecule has 0 saturated carbocycles. The average Bonchev–Trinajstić information content (AvgIpc) is 2.76. The van der Waals surface area contributed by atoms with E-state index in [-0.39, 0.29) is 36.0 Å². The van der Waals surface area contributed by atoms with Gasteiger partial charge >= 0.3 is 12.3 Å². The molecule has 2 aliphatic rings. The maximum Gasteiger partial charge on any atom is 0.416 e. The van der Waals surface area contributed by atoms with E-state index in [9.17, 15) is 22.8 Å². The number of fused-ring (bicyclic) bond motifs is 2. The van der Waals surface area contributed by atoms with E-state index >= 15 is 0 Å². The van der Waals surface area contributed by atoms with Gasteiger partial charge in [0.2, 0.25) is 0 Å². The number of carbonyl (C=O) groups is 2. The number of piperidine rings is 1. The largest absolute Gasteiger partial charge is 0.445 e. The first-order valence-electron chi connectivity index (χ1n) is 10.1. The topological polar surface area (TPSA) is 55.8 Å². The fraction of sp³-hybridized carbons (Fsp3) is 0.391. The van der Waals surface area contributed by atoms with Crippen LogP contribution in [0.3, 0.4) is 0 Å². The molecule has 2 aromatic rings. The fourth-order valence-electron chi connectivity index (χ4n) is 4.28. The van der Waals surface area contributed by atoms with Crippen molar-refractivity contribution in [2.24, 2.45) is 5.92 Å². The highest BCUT2D eigenvalue weighted by atomic mass is 19.4. The Hall–Kier alpha value is -2.87. The first-order valence-corrected chi connectivity index (χ1v) is 10.1. The lowest BCUT2D eigenvalue weighted by molar-refractivity contribution is -0.137. The van der Waals surface area contributed by atoms with Crippen LogP contribution in [-0.4, -0.2) is 42.1 Å². The molecule has 31 heavy (non-hydrogen) atoms. The SMILES string of the molecule is O=C(c1ccc(C(F)(F)F)cc1)C1CC2COCC(C1)N2C(=O)OCc1ccccc1. The summed E-state index contributed by atoms with van der Waals surface area (Å²) in [6, 6.07) is 13.0. The Morgan fingerprint density at radius 3 is 2.16 bits per heavy atom. The fourth-order valence-corrected chi connectivity index (χ4v) is 4.28. The van der Waals surface area contributed by atoms with E-state index in [1.54, 1.807) is 4.90 Å². The molecule has 0 N–H and O–H groups in total. The quantitative estimate of drug-likeness (QED) is 0.656. The highest BCUT2D eigenvalue weighted by Crippen LogP contribution is 2.35. The van der Waals surface area contributed by atoms with Crippen LogP contribution in [0.1, 0.15) is 34.3 Å². The summed E-state index contributed by atoms with van der Waals surface area (Å²) in [6.45, 7) is 0.756. The van der Waals surface area contributed by atoms with Crippen LogP contribution in [0.4, 0.5) is 18.0 Å². The molecule has 8 heteroatoms. The molecule has 1 amide bonds. The monoisotopic (exact) mass is 433 g/mol. The zero-order valence-corrected chi connectivity index (χ0v) is 16.7. The van der Waals surface area contributed by atoms with Crippen molar-refractivity contribution in [1.82, 2.24) is 4.90 Å². The number of halogens is 3. The lowest BCUT2D eigenvalue weighted by Crippen LogP contribution is -2.59. The zero-order valence-electron chi connectivity index (χ0n) is 16.7. The van der Waals surface area contributed by atoms with Crippen LogP contribution >= 0.6 is 0 Å². The van der Waals surface area contributed by atoms with Gasteiger partial charge in [-0.3, -0.25) is 9.69 Å². The van der Waals surface area contributed by atoms with Crippen molar-refractivity contribution in [3.8, 4) is 0 Å². The highest BCUT2D eigenvalue weighted by Gasteiger charge is 2.44. The van der Waals surface area contributed by atoms with E-state index < -0.39 is 17.8 Å². The van der Waals surface area contributed by atoms with Crippen LogP contribution in [0, 0.1) is 5.92 Å². The maximum absolute atomic E-state index is 12.9. The van der Waals surface area contributed by atoms with Crippen LogP contribution in [-0.2, 0) is 22.3 Å². The smallest absolute Gasteiger partial charge is 0.416 e. The van der Waals surface area contributed by atoms with Gasteiger partial charge in [-0.05, 0) is 30.5 Å². The molecular weight excluding hydrogens is 411 g/mol. The van der Waals surface area contributed by atoms with Gasteiger partial charge in [-0.15, -0.1) is 0 Å². The van der Waals surface area contributed by atoms with E-state index in [0.717, 1.165) is 17.7 Å². The Morgan fingerprint density at radius 2 is 1.58 bits per heavy atom. The van der Waals surface area contributed by atoms with E-state index in [1.165, 1.54) is 12.1 Å². The molecule has 0 aliphatic carbocycles. The number of ketones is 1. The third-order valence-corrected chi connectivity index (χ3v) is 5.80. The van der Waals surface area contributed by atoms with Gasteiger partial charge in [-0.25, -0.2) is 4.79 Å².